The average Bonchev–Trinajstić information content (AvgIpc) is 2.44. The number of carbonyl (C=O) groups is 2. The summed E-state index contributed by atoms with van der Waals surface area (Å²) in [6, 6.07) is 4.46. The lowest BCUT2D eigenvalue weighted by Gasteiger charge is -2.22. The van der Waals surface area contributed by atoms with Crippen LogP contribution in [0.2, 0.25) is 5.02 Å². The summed E-state index contributed by atoms with van der Waals surface area (Å²) in [5, 5.41) is 0.249. The van der Waals surface area contributed by atoms with Gasteiger partial charge >= 0.3 is 5.97 Å². The molecule has 7 nitrogen and oxygen atoms in total. The van der Waals surface area contributed by atoms with Crippen molar-refractivity contribution in [3.63, 3.8) is 0 Å². The molecule has 0 heterocycles. The molecular formula is C14H19ClN2O5S. The largest absolute Gasteiger partial charge is 0.451 e. The first-order valence-corrected chi connectivity index (χ1v) is 8.68. The maximum atomic E-state index is 12.4. The number of sulfonamides is 1. The van der Waals surface area contributed by atoms with Gasteiger partial charge in [0.1, 0.15) is 6.04 Å². The summed E-state index contributed by atoms with van der Waals surface area (Å²) >= 11 is 5.78. The van der Waals surface area contributed by atoms with Gasteiger partial charge in [-0.1, -0.05) is 31.5 Å². The van der Waals surface area contributed by atoms with Crippen LogP contribution in [0.15, 0.2) is 29.2 Å². The van der Waals surface area contributed by atoms with Gasteiger partial charge < -0.3 is 10.5 Å². The number of nitrogens with one attached hydrogen (secondary N) is 1. The third-order valence-electron chi connectivity index (χ3n) is 3.00. The molecule has 0 spiro atoms. The maximum Gasteiger partial charge on any atom is 0.325 e. The SMILES string of the molecule is CC(C)[C@H](NS(=O)(=O)c1cccc(Cl)c1)C(=O)O[C@@H](C)C(N)=O. The lowest BCUT2D eigenvalue weighted by molar-refractivity contribution is -0.156. The third kappa shape index (κ3) is 5.49. The molecule has 0 bridgehead atoms. The first-order chi connectivity index (χ1) is 10.5. The Morgan fingerprint density at radius 3 is 2.35 bits per heavy atom. The lowest BCUT2D eigenvalue weighted by atomic mass is 10.1. The zero-order valence-electron chi connectivity index (χ0n) is 12.9. The van der Waals surface area contributed by atoms with Crippen LogP contribution < -0.4 is 10.5 Å². The van der Waals surface area contributed by atoms with Crippen LogP contribution in [0.1, 0.15) is 20.8 Å². The van der Waals surface area contributed by atoms with Crippen molar-refractivity contribution in [1.29, 1.82) is 0 Å². The number of amides is 1. The van der Waals surface area contributed by atoms with E-state index in [1.54, 1.807) is 13.8 Å². The van der Waals surface area contributed by atoms with Crippen molar-refractivity contribution in [3.05, 3.63) is 29.3 Å². The summed E-state index contributed by atoms with van der Waals surface area (Å²) in [6.07, 6.45) is -1.15. The minimum Gasteiger partial charge on any atom is -0.451 e. The number of esters is 1. The van der Waals surface area contributed by atoms with Gasteiger partial charge in [0, 0.05) is 5.02 Å². The number of halogens is 1. The van der Waals surface area contributed by atoms with Crippen molar-refractivity contribution in [1.82, 2.24) is 4.72 Å². The Morgan fingerprint density at radius 2 is 1.87 bits per heavy atom. The van der Waals surface area contributed by atoms with Gasteiger partial charge in [-0.25, -0.2) is 8.42 Å². The highest BCUT2D eigenvalue weighted by Crippen LogP contribution is 2.17. The minimum absolute atomic E-state index is 0.0774. The van der Waals surface area contributed by atoms with Gasteiger partial charge in [0.05, 0.1) is 4.90 Å². The number of primary amides is 1. The Labute approximate surface area is 140 Å². The van der Waals surface area contributed by atoms with Crippen molar-refractivity contribution in [2.45, 2.75) is 37.8 Å². The van der Waals surface area contributed by atoms with E-state index in [1.807, 2.05) is 0 Å². The molecule has 128 valence electrons. The van der Waals surface area contributed by atoms with E-state index >= 15 is 0 Å². The average molecular weight is 363 g/mol. The molecule has 23 heavy (non-hydrogen) atoms. The van der Waals surface area contributed by atoms with Crippen molar-refractivity contribution in [2.24, 2.45) is 11.7 Å². The fourth-order valence-corrected chi connectivity index (χ4v) is 3.26. The van der Waals surface area contributed by atoms with E-state index in [4.69, 9.17) is 22.1 Å². The van der Waals surface area contributed by atoms with Crippen LogP contribution in [0.4, 0.5) is 0 Å². The molecule has 0 aromatic heterocycles. The number of rotatable bonds is 7. The highest BCUT2D eigenvalue weighted by atomic mass is 35.5. The van der Waals surface area contributed by atoms with Crippen LogP contribution in [-0.4, -0.2) is 32.4 Å². The normalized spacial score (nSPS) is 14.3. The van der Waals surface area contributed by atoms with E-state index < -0.39 is 40.0 Å². The molecule has 0 radical (unpaired) electrons. The van der Waals surface area contributed by atoms with Gasteiger partial charge in [0.15, 0.2) is 6.10 Å². The van der Waals surface area contributed by atoms with Gasteiger partial charge in [0.2, 0.25) is 10.0 Å². The highest BCUT2D eigenvalue weighted by molar-refractivity contribution is 7.89. The van der Waals surface area contributed by atoms with E-state index in [0.29, 0.717) is 0 Å². The Balaban J connectivity index is 2.99. The van der Waals surface area contributed by atoms with Gasteiger partial charge in [-0.2, -0.15) is 4.72 Å². The first kappa shape index (κ1) is 19.4. The smallest absolute Gasteiger partial charge is 0.325 e. The van der Waals surface area contributed by atoms with E-state index in [9.17, 15) is 18.0 Å². The molecule has 1 aromatic carbocycles. The standard InChI is InChI=1S/C14H19ClN2O5S/c1-8(2)12(14(19)22-9(3)13(16)18)17-23(20,21)11-6-4-5-10(15)7-11/h4-9,12,17H,1-3H3,(H2,16,18)/t9-,12-/m0/s1. The summed E-state index contributed by atoms with van der Waals surface area (Å²) in [4.78, 5) is 23.0. The fourth-order valence-electron chi connectivity index (χ4n) is 1.63. The van der Waals surface area contributed by atoms with Crippen LogP contribution in [0.3, 0.4) is 0 Å². The molecule has 0 aliphatic heterocycles. The second kappa shape index (κ2) is 7.76. The summed E-state index contributed by atoms with van der Waals surface area (Å²) in [5.74, 6) is -2.10. The van der Waals surface area contributed by atoms with E-state index in [1.165, 1.54) is 31.2 Å². The molecule has 3 N–H and O–H groups in total. The molecular weight excluding hydrogens is 344 g/mol. The predicted octanol–water partition coefficient (Wildman–Crippen LogP) is 1.06. The van der Waals surface area contributed by atoms with Crippen molar-refractivity contribution >= 4 is 33.5 Å². The Morgan fingerprint density at radius 1 is 1.26 bits per heavy atom. The zero-order chi connectivity index (χ0) is 17.8. The lowest BCUT2D eigenvalue weighted by Crippen LogP contribution is -2.47. The molecule has 0 saturated carbocycles. The molecule has 0 aliphatic carbocycles. The second-order valence-electron chi connectivity index (χ2n) is 5.28. The van der Waals surface area contributed by atoms with Crippen LogP contribution in [-0.2, 0) is 24.3 Å². The van der Waals surface area contributed by atoms with Crippen LogP contribution >= 0.6 is 11.6 Å². The first-order valence-electron chi connectivity index (χ1n) is 6.82. The number of benzene rings is 1. The maximum absolute atomic E-state index is 12.4. The van der Waals surface area contributed by atoms with E-state index in [-0.39, 0.29) is 9.92 Å². The summed E-state index contributed by atoms with van der Waals surface area (Å²) in [6.45, 7) is 4.59. The summed E-state index contributed by atoms with van der Waals surface area (Å²) in [7, 11) is -3.98. The van der Waals surface area contributed by atoms with Crippen LogP contribution in [0.5, 0.6) is 0 Å². The molecule has 0 fully saturated rings. The molecule has 9 heteroatoms. The predicted molar refractivity (Wildman–Crippen MR) is 85.1 cm³/mol. The molecule has 0 unspecified atom stereocenters. The number of hydrogen-bond donors (Lipinski definition) is 2. The topological polar surface area (TPSA) is 116 Å². The number of ether oxygens (including phenoxy) is 1. The molecule has 0 aliphatic rings. The monoisotopic (exact) mass is 362 g/mol. The summed E-state index contributed by atoms with van der Waals surface area (Å²) in [5.41, 5.74) is 5.03. The van der Waals surface area contributed by atoms with Gasteiger partial charge in [-0.3, -0.25) is 9.59 Å². The number of carbonyl (C=O) groups excluding carboxylic acids is 2. The Hall–Kier alpha value is -1.64. The molecule has 1 rings (SSSR count). The van der Waals surface area contributed by atoms with Gasteiger partial charge in [-0.15, -0.1) is 0 Å². The fraction of sp³-hybridized carbons (Fsp3) is 0.429. The summed E-state index contributed by atoms with van der Waals surface area (Å²) < 4.78 is 31.8. The van der Waals surface area contributed by atoms with Crippen molar-refractivity contribution in [3.8, 4) is 0 Å². The minimum atomic E-state index is -3.98. The number of hydrogen-bond acceptors (Lipinski definition) is 5. The highest BCUT2D eigenvalue weighted by Gasteiger charge is 2.31. The Kier molecular flexibility index (Phi) is 6.55. The molecule has 1 aromatic rings. The zero-order valence-corrected chi connectivity index (χ0v) is 14.5. The van der Waals surface area contributed by atoms with Gasteiger partial charge in [-0.05, 0) is 31.0 Å². The van der Waals surface area contributed by atoms with Crippen LogP contribution in [0, 0.1) is 5.92 Å². The van der Waals surface area contributed by atoms with Gasteiger partial charge in [0.25, 0.3) is 5.91 Å². The van der Waals surface area contributed by atoms with E-state index in [0.717, 1.165) is 0 Å². The third-order valence-corrected chi connectivity index (χ3v) is 4.68. The van der Waals surface area contributed by atoms with Crippen LogP contribution in [0.25, 0.3) is 0 Å². The molecule has 1 amide bonds. The second-order valence-corrected chi connectivity index (χ2v) is 7.43. The van der Waals surface area contributed by atoms with Crippen molar-refractivity contribution < 1.29 is 22.7 Å². The Bertz CT molecular complexity index is 690. The molecule has 0 saturated heterocycles. The number of nitrogens with two attached hydrogens (primary N) is 1. The van der Waals surface area contributed by atoms with E-state index in [2.05, 4.69) is 4.72 Å². The quantitative estimate of drug-likeness (QED) is 0.703. The van der Waals surface area contributed by atoms with Crippen molar-refractivity contribution in [2.75, 3.05) is 0 Å². The molecule has 2 atom stereocenters.